The van der Waals surface area contributed by atoms with Gasteiger partial charge < -0.3 is 4.98 Å². The minimum atomic E-state index is 0.00792. The topological polar surface area (TPSA) is 58.6 Å². The maximum absolute atomic E-state index is 11.9. The molecule has 86 valence electrons. The predicted molar refractivity (Wildman–Crippen MR) is 64.7 cm³/mol. The lowest BCUT2D eigenvalue weighted by Crippen LogP contribution is -2.21. The number of hydrogen-bond donors (Lipinski definition) is 1. The van der Waals surface area contributed by atoms with Gasteiger partial charge in [-0.15, -0.1) is 0 Å². The van der Waals surface area contributed by atoms with Crippen molar-refractivity contribution >= 4 is 0 Å². The zero-order valence-electron chi connectivity index (χ0n) is 9.44. The van der Waals surface area contributed by atoms with Gasteiger partial charge in [0.25, 0.3) is 5.56 Å². The molecule has 0 radical (unpaired) electrons. The van der Waals surface area contributed by atoms with E-state index in [9.17, 15) is 4.79 Å². The van der Waals surface area contributed by atoms with E-state index >= 15 is 0 Å². The molecule has 0 unspecified atom stereocenters. The number of pyridine rings is 1. The Balaban J connectivity index is 2.14. The average Bonchev–Trinajstić information content (AvgIpc) is 2.40. The lowest BCUT2D eigenvalue weighted by molar-refractivity contribution is 0.657. The van der Waals surface area contributed by atoms with Crippen molar-refractivity contribution in [3.05, 3.63) is 46.1 Å². The van der Waals surface area contributed by atoms with E-state index in [1.165, 1.54) is 0 Å². The molecular formula is C13H13N3O. The Bertz CT molecular complexity index is 589. The van der Waals surface area contributed by atoms with E-state index in [4.69, 9.17) is 0 Å². The molecular weight excluding hydrogens is 214 g/mol. The summed E-state index contributed by atoms with van der Waals surface area (Å²) < 4.78 is 0. The summed E-state index contributed by atoms with van der Waals surface area (Å²) in [5.74, 6) is 0.628. The van der Waals surface area contributed by atoms with Gasteiger partial charge in [-0.25, -0.2) is 4.98 Å². The molecule has 0 saturated heterocycles. The largest absolute Gasteiger partial charge is 0.306 e. The molecule has 0 fully saturated rings. The Kier molecular flexibility index (Phi) is 2.48. The maximum atomic E-state index is 11.9. The van der Waals surface area contributed by atoms with Crippen molar-refractivity contribution in [3.63, 3.8) is 0 Å². The summed E-state index contributed by atoms with van der Waals surface area (Å²) in [6.45, 7) is 0. The van der Waals surface area contributed by atoms with Gasteiger partial charge in [0.2, 0.25) is 0 Å². The monoisotopic (exact) mass is 227 g/mol. The third-order valence-corrected chi connectivity index (χ3v) is 3.13. The van der Waals surface area contributed by atoms with E-state index in [0.29, 0.717) is 5.82 Å². The molecule has 3 rings (SSSR count). The Morgan fingerprint density at radius 2 is 2.12 bits per heavy atom. The van der Waals surface area contributed by atoms with Crippen LogP contribution in [0.4, 0.5) is 0 Å². The molecule has 0 saturated carbocycles. The van der Waals surface area contributed by atoms with Crippen LogP contribution in [0.15, 0.2) is 29.3 Å². The van der Waals surface area contributed by atoms with Crippen LogP contribution in [0.1, 0.15) is 24.1 Å². The number of fused-ring (bicyclic) bond motifs is 1. The van der Waals surface area contributed by atoms with Gasteiger partial charge in [-0.2, -0.15) is 0 Å². The molecule has 0 atom stereocenters. The minimum Gasteiger partial charge on any atom is -0.306 e. The number of H-pyrrole nitrogens is 1. The zero-order chi connectivity index (χ0) is 11.7. The molecule has 1 aliphatic rings. The molecule has 0 aliphatic heterocycles. The van der Waals surface area contributed by atoms with E-state index in [0.717, 1.165) is 42.5 Å². The third-order valence-electron chi connectivity index (χ3n) is 3.13. The van der Waals surface area contributed by atoms with Crippen LogP contribution in [0.5, 0.6) is 0 Å². The highest BCUT2D eigenvalue weighted by molar-refractivity contribution is 5.53. The Morgan fingerprint density at radius 1 is 1.24 bits per heavy atom. The fourth-order valence-electron chi connectivity index (χ4n) is 2.24. The van der Waals surface area contributed by atoms with Crippen LogP contribution in [-0.4, -0.2) is 15.0 Å². The van der Waals surface area contributed by atoms with Crippen LogP contribution in [0.2, 0.25) is 0 Å². The number of hydrogen-bond acceptors (Lipinski definition) is 3. The van der Waals surface area contributed by atoms with Gasteiger partial charge in [0.05, 0.1) is 5.69 Å². The number of nitrogens with one attached hydrogen (secondary N) is 1. The first-order chi connectivity index (χ1) is 8.34. The van der Waals surface area contributed by atoms with Gasteiger partial charge in [-0.1, -0.05) is 0 Å². The van der Waals surface area contributed by atoms with Gasteiger partial charge >= 0.3 is 0 Å². The highest BCUT2D eigenvalue weighted by Gasteiger charge is 2.15. The minimum absolute atomic E-state index is 0.00792. The number of nitrogens with zero attached hydrogens (tertiary/aromatic N) is 2. The van der Waals surface area contributed by atoms with Crippen LogP contribution in [-0.2, 0) is 12.8 Å². The predicted octanol–water partition coefficient (Wildman–Crippen LogP) is 1.71. The first-order valence-corrected chi connectivity index (χ1v) is 5.87. The van der Waals surface area contributed by atoms with Gasteiger partial charge in [0.1, 0.15) is 5.82 Å². The van der Waals surface area contributed by atoms with Gasteiger partial charge in [0.15, 0.2) is 0 Å². The van der Waals surface area contributed by atoms with Gasteiger partial charge in [0, 0.05) is 23.5 Å². The molecule has 4 heteroatoms. The lowest BCUT2D eigenvalue weighted by Gasteiger charge is -2.14. The van der Waals surface area contributed by atoms with Crippen molar-refractivity contribution in [1.82, 2.24) is 15.0 Å². The van der Waals surface area contributed by atoms with Crippen LogP contribution in [0.25, 0.3) is 11.4 Å². The Morgan fingerprint density at radius 3 is 2.94 bits per heavy atom. The number of aryl methyl sites for hydroxylation is 1. The first-order valence-electron chi connectivity index (χ1n) is 5.87. The summed E-state index contributed by atoms with van der Waals surface area (Å²) in [5.41, 5.74) is 2.69. The summed E-state index contributed by atoms with van der Waals surface area (Å²) in [6, 6.07) is 3.75. The molecule has 2 aromatic rings. The van der Waals surface area contributed by atoms with Crippen LogP contribution >= 0.6 is 0 Å². The summed E-state index contributed by atoms with van der Waals surface area (Å²) in [4.78, 5) is 23.4. The molecule has 0 amide bonds. The van der Waals surface area contributed by atoms with Crippen molar-refractivity contribution in [2.24, 2.45) is 0 Å². The number of aromatic amines is 1. The highest BCUT2D eigenvalue weighted by atomic mass is 16.1. The van der Waals surface area contributed by atoms with Gasteiger partial charge in [-0.05, 0) is 37.8 Å². The molecule has 1 N–H and O–H groups in total. The summed E-state index contributed by atoms with van der Waals surface area (Å²) in [7, 11) is 0. The van der Waals surface area contributed by atoms with Crippen molar-refractivity contribution in [3.8, 4) is 11.4 Å². The average molecular weight is 227 g/mol. The second-order valence-corrected chi connectivity index (χ2v) is 4.29. The zero-order valence-corrected chi connectivity index (χ0v) is 9.44. The summed E-state index contributed by atoms with van der Waals surface area (Å²) >= 11 is 0. The molecule has 1 aliphatic carbocycles. The molecule has 0 bridgehead atoms. The van der Waals surface area contributed by atoms with Crippen molar-refractivity contribution in [2.75, 3.05) is 0 Å². The van der Waals surface area contributed by atoms with E-state index in [1.807, 2.05) is 12.1 Å². The molecule has 2 aromatic heterocycles. The molecule has 17 heavy (non-hydrogen) atoms. The van der Waals surface area contributed by atoms with Crippen molar-refractivity contribution < 1.29 is 0 Å². The highest BCUT2D eigenvalue weighted by Crippen LogP contribution is 2.19. The van der Waals surface area contributed by atoms with Crippen LogP contribution in [0, 0.1) is 0 Å². The van der Waals surface area contributed by atoms with E-state index in [1.54, 1.807) is 12.4 Å². The number of rotatable bonds is 1. The standard InChI is InChI=1S/C13H13N3O/c17-13-10-5-1-2-6-11(10)15-12(16-13)9-4-3-7-14-8-9/h3-4,7-8H,1-2,5-6H2,(H,15,16,17). The lowest BCUT2D eigenvalue weighted by atomic mass is 9.97. The quantitative estimate of drug-likeness (QED) is 0.806. The molecule has 0 aromatic carbocycles. The molecule has 0 spiro atoms. The van der Waals surface area contributed by atoms with E-state index in [-0.39, 0.29) is 5.56 Å². The fourth-order valence-corrected chi connectivity index (χ4v) is 2.24. The summed E-state index contributed by atoms with van der Waals surface area (Å²) in [5, 5.41) is 0. The van der Waals surface area contributed by atoms with Gasteiger partial charge in [-0.3, -0.25) is 9.78 Å². The second kappa shape index (κ2) is 4.13. The molecule has 2 heterocycles. The van der Waals surface area contributed by atoms with Crippen LogP contribution < -0.4 is 5.56 Å². The normalized spacial score (nSPS) is 14.4. The molecule has 4 nitrogen and oxygen atoms in total. The van der Waals surface area contributed by atoms with E-state index < -0.39 is 0 Å². The first kappa shape index (κ1) is 10.2. The van der Waals surface area contributed by atoms with Crippen LogP contribution in [0.3, 0.4) is 0 Å². The second-order valence-electron chi connectivity index (χ2n) is 4.29. The fraction of sp³-hybridized carbons (Fsp3) is 0.308. The van der Waals surface area contributed by atoms with Crippen molar-refractivity contribution in [2.45, 2.75) is 25.7 Å². The summed E-state index contributed by atoms with van der Waals surface area (Å²) in [6.07, 6.45) is 7.39. The smallest absolute Gasteiger partial charge is 0.254 e. The van der Waals surface area contributed by atoms with E-state index in [2.05, 4.69) is 15.0 Å². The Hall–Kier alpha value is -1.97. The van der Waals surface area contributed by atoms with Crippen molar-refractivity contribution in [1.29, 1.82) is 0 Å². The SMILES string of the molecule is O=c1[nH]c(-c2cccnc2)nc2c1CCCC2. The maximum Gasteiger partial charge on any atom is 0.254 e. The number of aromatic nitrogens is 3. The Labute approximate surface area is 98.8 Å². The third kappa shape index (κ3) is 1.86.